The number of aromatic nitrogens is 1. The normalized spacial score (nSPS) is 19.3. The topological polar surface area (TPSA) is 48.4 Å². The highest BCUT2D eigenvalue weighted by Gasteiger charge is 2.39. The molecule has 1 aromatic rings. The minimum Gasteiger partial charge on any atom is -0.390 e. The lowest BCUT2D eigenvalue weighted by Gasteiger charge is -2.25. The van der Waals surface area contributed by atoms with Crippen LogP contribution in [0.15, 0.2) is 24.5 Å². The van der Waals surface area contributed by atoms with Crippen LogP contribution in [0.1, 0.15) is 18.4 Å². The van der Waals surface area contributed by atoms with E-state index in [2.05, 4.69) is 15.2 Å². The number of hydrogen-bond acceptors (Lipinski definition) is 4. The molecule has 0 radical (unpaired) electrons. The first-order valence-corrected chi connectivity index (χ1v) is 7.54. The maximum absolute atomic E-state index is 13.1. The van der Waals surface area contributed by atoms with Crippen LogP contribution in [0.2, 0.25) is 0 Å². The second-order valence-corrected chi connectivity index (χ2v) is 5.72. The molecule has 0 bridgehead atoms. The van der Waals surface area contributed by atoms with Gasteiger partial charge >= 0.3 is 6.18 Å². The summed E-state index contributed by atoms with van der Waals surface area (Å²) in [6, 6.07) is 1.48. The minimum absolute atomic E-state index is 0.0637. The quantitative estimate of drug-likeness (QED) is 0.802. The Morgan fingerprint density at radius 2 is 1.86 bits per heavy atom. The first-order valence-electron chi connectivity index (χ1n) is 7.54. The fraction of sp³-hybridized carbons (Fsp3) is 0.667. The molecular formula is C15H22F3N3O. The van der Waals surface area contributed by atoms with Crippen LogP contribution in [0.5, 0.6) is 0 Å². The number of halogens is 3. The van der Waals surface area contributed by atoms with Gasteiger partial charge in [0.2, 0.25) is 0 Å². The average molecular weight is 317 g/mol. The average Bonchev–Trinajstić information content (AvgIpc) is 2.96. The molecule has 124 valence electrons. The van der Waals surface area contributed by atoms with Crippen molar-refractivity contribution in [2.24, 2.45) is 0 Å². The van der Waals surface area contributed by atoms with Gasteiger partial charge in [0.15, 0.2) is 0 Å². The van der Waals surface area contributed by atoms with Crippen molar-refractivity contribution in [2.75, 3.05) is 26.2 Å². The van der Waals surface area contributed by atoms with Crippen molar-refractivity contribution in [3.05, 3.63) is 30.1 Å². The Labute approximate surface area is 128 Å². The van der Waals surface area contributed by atoms with Crippen molar-refractivity contribution in [2.45, 2.75) is 37.6 Å². The molecule has 0 aromatic carbocycles. The van der Waals surface area contributed by atoms with Crippen LogP contribution in [0.4, 0.5) is 13.2 Å². The number of aliphatic hydroxyl groups excluding tert-OH is 1. The van der Waals surface area contributed by atoms with Crippen LogP contribution < -0.4 is 5.32 Å². The van der Waals surface area contributed by atoms with E-state index in [1.807, 2.05) is 0 Å². The molecule has 1 saturated heterocycles. The van der Waals surface area contributed by atoms with E-state index in [1.165, 1.54) is 12.4 Å². The number of aliphatic hydroxyl groups is 1. The van der Waals surface area contributed by atoms with Gasteiger partial charge < -0.3 is 15.3 Å². The van der Waals surface area contributed by atoms with E-state index in [1.54, 1.807) is 12.1 Å². The lowest BCUT2D eigenvalue weighted by molar-refractivity contribution is -0.156. The Bertz CT molecular complexity index is 435. The molecule has 1 aromatic heterocycles. The van der Waals surface area contributed by atoms with Crippen molar-refractivity contribution < 1.29 is 18.3 Å². The predicted molar refractivity (Wildman–Crippen MR) is 77.5 cm³/mol. The molecular weight excluding hydrogens is 295 g/mol. The van der Waals surface area contributed by atoms with E-state index < -0.39 is 18.3 Å². The zero-order valence-electron chi connectivity index (χ0n) is 12.4. The molecule has 22 heavy (non-hydrogen) atoms. The number of nitrogens with one attached hydrogen (secondary N) is 1. The minimum atomic E-state index is -4.35. The molecule has 2 N–H and O–H groups in total. The third-order valence-corrected chi connectivity index (χ3v) is 3.85. The van der Waals surface area contributed by atoms with Gasteiger partial charge in [-0.05, 0) is 50.0 Å². The van der Waals surface area contributed by atoms with Crippen LogP contribution in [-0.4, -0.2) is 59.5 Å². The first kappa shape index (κ1) is 17.2. The smallest absolute Gasteiger partial charge is 0.390 e. The van der Waals surface area contributed by atoms with E-state index in [4.69, 9.17) is 0 Å². The molecule has 2 heterocycles. The van der Waals surface area contributed by atoms with Gasteiger partial charge in [-0.3, -0.25) is 4.98 Å². The lowest BCUT2D eigenvalue weighted by Crippen LogP contribution is -2.48. The van der Waals surface area contributed by atoms with Crippen LogP contribution in [-0.2, 0) is 6.42 Å². The van der Waals surface area contributed by atoms with Crippen molar-refractivity contribution in [1.29, 1.82) is 0 Å². The van der Waals surface area contributed by atoms with E-state index in [9.17, 15) is 18.3 Å². The lowest BCUT2D eigenvalue weighted by atomic mass is 10.1. The Morgan fingerprint density at radius 3 is 2.45 bits per heavy atom. The zero-order chi connectivity index (χ0) is 16.0. The van der Waals surface area contributed by atoms with Gasteiger partial charge in [0.25, 0.3) is 0 Å². The standard InChI is InChI=1S/C15H22F3N3O/c16-15(17,18)14(9-12-3-5-19-6-4-12)20-10-13(22)11-21-7-1-2-8-21/h3-6,13-14,20,22H,1-2,7-11H2. The molecule has 0 saturated carbocycles. The summed E-state index contributed by atoms with van der Waals surface area (Å²) in [7, 11) is 0. The number of pyridine rings is 1. The van der Waals surface area contributed by atoms with Crippen LogP contribution in [0.25, 0.3) is 0 Å². The number of nitrogens with zero attached hydrogens (tertiary/aromatic N) is 2. The second-order valence-electron chi connectivity index (χ2n) is 5.72. The largest absolute Gasteiger partial charge is 0.404 e. The predicted octanol–water partition coefficient (Wildman–Crippen LogP) is 1.60. The summed E-state index contributed by atoms with van der Waals surface area (Å²) in [5, 5.41) is 12.4. The van der Waals surface area contributed by atoms with Crippen molar-refractivity contribution in [3.63, 3.8) is 0 Å². The zero-order valence-corrected chi connectivity index (χ0v) is 12.4. The number of rotatable bonds is 7. The SMILES string of the molecule is OC(CNC(Cc1ccncc1)C(F)(F)F)CN1CCCC1. The molecule has 1 aliphatic rings. The summed E-state index contributed by atoms with van der Waals surface area (Å²) in [5.41, 5.74) is 0.568. The first-order chi connectivity index (χ1) is 10.4. The molecule has 0 amide bonds. The molecule has 0 aliphatic carbocycles. The summed E-state index contributed by atoms with van der Waals surface area (Å²) in [6.45, 7) is 2.19. The number of likely N-dealkylation sites (tertiary alicyclic amines) is 1. The highest BCUT2D eigenvalue weighted by atomic mass is 19.4. The molecule has 4 nitrogen and oxygen atoms in total. The van der Waals surface area contributed by atoms with E-state index >= 15 is 0 Å². The second kappa shape index (κ2) is 7.89. The monoisotopic (exact) mass is 317 g/mol. The summed E-state index contributed by atoms with van der Waals surface area (Å²) in [6.07, 6.45) is -0.170. The fourth-order valence-electron chi connectivity index (χ4n) is 2.66. The van der Waals surface area contributed by atoms with Crippen LogP contribution in [0, 0.1) is 0 Å². The summed E-state index contributed by atoms with van der Waals surface area (Å²) >= 11 is 0. The van der Waals surface area contributed by atoms with E-state index in [0.29, 0.717) is 12.1 Å². The van der Waals surface area contributed by atoms with Gasteiger partial charge in [0.05, 0.1) is 6.10 Å². The Balaban J connectivity index is 1.84. The molecule has 1 fully saturated rings. The fourth-order valence-corrected chi connectivity index (χ4v) is 2.66. The Morgan fingerprint density at radius 1 is 1.23 bits per heavy atom. The molecule has 2 unspecified atom stereocenters. The van der Waals surface area contributed by atoms with Crippen LogP contribution >= 0.6 is 0 Å². The third-order valence-electron chi connectivity index (χ3n) is 3.85. The molecule has 2 atom stereocenters. The summed E-state index contributed by atoms with van der Waals surface area (Å²) in [5.74, 6) is 0. The van der Waals surface area contributed by atoms with E-state index in [0.717, 1.165) is 25.9 Å². The molecule has 0 spiro atoms. The van der Waals surface area contributed by atoms with Crippen molar-refractivity contribution in [1.82, 2.24) is 15.2 Å². The van der Waals surface area contributed by atoms with Gasteiger partial charge in [-0.1, -0.05) is 0 Å². The molecule has 7 heteroatoms. The summed E-state index contributed by atoms with van der Waals surface area (Å²) in [4.78, 5) is 5.88. The van der Waals surface area contributed by atoms with Gasteiger partial charge in [0, 0.05) is 25.5 Å². The van der Waals surface area contributed by atoms with Crippen LogP contribution in [0.3, 0.4) is 0 Å². The highest BCUT2D eigenvalue weighted by molar-refractivity contribution is 5.12. The number of alkyl halides is 3. The third kappa shape index (κ3) is 5.55. The maximum atomic E-state index is 13.1. The Kier molecular flexibility index (Phi) is 6.16. The maximum Gasteiger partial charge on any atom is 0.404 e. The summed E-state index contributed by atoms with van der Waals surface area (Å²) < 4.78 is 39.3. The Hall–Kier alpha value is -1.18. The number of β-amino-alcohol motifs (C(OH)–C–C–N with tert-alkyl or cyclic N) is 1. The van der Waals surface area contributed by atoms with Gasteiger partial charge in [0.1, 0.15) is 6.04 Å². The van der Waals surface area contributed by atoms with Gasteiger partial charge in [-0.15, -0.1) is 0 Å². The molecule has 2 rings (SSSR count). The van der Waals surface area contributed by atoms with Crippen molar-refractivity contribution >= 4 is 0 Å². The van der Waals surface area contributed by atoms with E-state index in [-0.39, 0.29) is 13.0 Å². The molecule has 1 aliphatic heterocycles. The van der Waals surface area contributed by atoms with Gasteiger partial charge in [-0.25, -0.2) is 0 Å². The van der Waals surface area contributed by atoms with Crippen molar-refractivity contribution in [3.8, 4) is 0 Å². The van der Waals surface area contributed by atoms with Gasteiger partial charge in [-0.2, -0.15) is 13.2 Å². The number of hydrogen-bond donors (Lipinski definition) is 2. The highest BCUT2D eigenvalue weighted by Crippen LogP contribution is 2.23.